The Hall–Kier alpha value is -0.800. The lowest BCUT2D eigenvalue weighted by atomic mass is 9.82. The van der Waals surface area contributed by atoms with E-state index in [-0.39, 0.29) is 17.4 Å². The van der Waals surface area contributed by atoms with Gasteiger partial charge < -0.3 is 10.2 Å². The maximum Gasteiger partial charge on any atom is 0.138 e. The van der Waals surface area contributed by atoms with Gasteiger partial charge in [-0.15, -0.1) is 0 Å². The molecule has 2 N–H and O–H groups in total. The van der Waals surface area contributed by atoms with Gasteiger partial charge in [0.2, 0.25) is 0 Å². The van der Waals surface area contributed by atoms with Gasteiger partial charge in [-0.25, -0.2) is 4.39 Å². The fourth-order valence-electron chi connectivity index (χ4n) is 1.61. The molecular formula is C11H14ClFO2. The van der Waals surface area contributed by atoms with Crippen LogP contribution < -0.4 is 0 Å². The summed E-state index contributed by atoms with van der Waals surface area (Å²) >= 11 is 5.68. The largest absolute Gasteiger partial charge is 0.506 e. The van der Waals surface area contributed by atoms with Crippen LogP contribution in [0, 0.1) is 12.7 Å². The second kappa shape index (κ2) is 3.99. The van der Waals surface area contributed by atoms with E-state index in [1.54, 1.807) is 20.8 Å². The average Bonchev–Trinajstić information content (AvgIpc) is 2.15. The number of aromatic hydroxyl groups is 1. The van der Waals surface area contributed by atoms with Gasteiger partial charge in [0.1, 0.15) is 11.6 Å². The number of aliphatic hydroxyl groups is 1. The van der Waals surface area contributed by atoms with Crippen LogP contribution in [-0.4, -0.2) is 16.8 Å². The van der Waals surface area contributed by atoms with Crippen molar-refractivity contribution >= 4 is 11.6 Å². The van der Waals surface area contributed by atoms with E-state index in [9.17, 15) is 14.6 Å². The molecule has 2 nitrogen and oxygen atoms in total. The molecule has 0 amide bonds. The number of rotatable bonds is 2. The molecule has 1 rings (SSSR count). The van der Waals surface area contributed by atoms with E-state index in [2.05, 4.69) is 0 Å². The van der Waals surface area contributed by atoms with Crippen molar-refractivity contribution in [3.63, 3.8) is 0 Å². The van der Waals surface area contributed by atoms with Crippen LogP contribution in [0.3, 0.4) is 0 Å². The third-order valence-corrected chi connectivity index (χ3v) is 2.81. The second-order valence-electron chi connectivity index (χ2n) is 4.23. The van der Waals surface area contributed by atoms with Crippen LogP contribution in [0.1, 0.15) is 25.0 Å². The van der Waals surface area contributed by atoms with Crippen LogP contribution in [0.25, 0.3) is 0 Å². The quantitative estimate of drug-likeness (QED) is 0.823. The summed E-state index contributed by atoms with van der Waals surface area (Å²) in [5.74, 6) is -0.635. The van der Waals surface area contributed by atoms with Crippen LogP contribution in [0.4, 0.5) is 4.39 Å². The van der Waals surface area contributed by atoms with Crippen molar-refractivity contribution in [3.05, 3.63) is 28.0 Å². The summed E-state index contributed by atoms with van der Waals surface area (Å²) in [6, 6.07) is 1.07. The monoisotopic (exact) mass is 232 g/mol. The fraction of sp³-hybridized carbons (Fsp3) is 0.455. The number of phenolic OH excluding ortho intramolecular Hbond substituents is 1. The molecule has 0 aliphatic rings. The number of halogens is 2. The smallest absolute Gasteiger partial charge is 0.138 e. The Labute approximate surface area is 93.3 Å². The van der Waals surface area contributed by atoms with Gasteiger partial charge in [-0.3, -0.25) is 0 Å². The summed E-state index contributed by atoms with van der Waals surface area (Å²) in [4.78, 5) is 0. The summed E-state index contributed by atoms with van der Waals surface area (Å²) in [7, 11) is 0. The molecule has 0 bridgehead atoms. The Balaban J connectivity index is 3.53. The molecule has 0 saturated heterocycles. The van der Waals surface area contributed by atoms with Crippen molar-refractivity contribution in [1.29, 1.82) is 0 Å². The molecule has 4 heteroatoms. The van der Waals surface area contributed by atoms with Crippen molar-refractivity contribution in [1.82, 2.24) is 0 Å². The van der Waals surface area contributed by atoms with Crippen molar-refractivity contribution in [2.75, 3.05) is 6.61 Å². The van der Waals surface area contributed by atoms with Crippen molar-refractivity contribution in [3.8, 4) is 5.75 Å². The van der Waals surface area contributed by atoms with Gasteiger partial charge in [0.25, 0.3) is 0 Å². The Morgan fingerprint density at radius 3 is 2.47 bits per heavy atom. The molecule has 0 radical (unpaired) electrons. The van der Waals surface area contributed by atoms with Gasteiger partial charge in [-0.2, -0.15) is 0 Å². The van der Waals surface area contributed by atoms with Crippen molar-refractivity contribution in [2.24, 2.45) is 0 Å². The lowest BCUT2D eigenvalue weighted by molar-refractivity contribution is 0.214. The number of hydrogen-bond acceptors (Lipinski definition) is 2. The number of benzene rings is 1. The fourth-order valence-corrected chi connectivity index (χ4v) is 1.80. The van der Waals surface area contributed by atoms with Crippen LogP contribution in [0.2, 0.25) is 5.02 Å². The van der Waals surface area contributed by atoms with Gasteiger partial charge in [-0.1, -0.05) is 25.4 Å². The highest BCUT2D eigenvalue weighted by Gasteiger charge is 2.28. The third-order valence-electron chi connectivity index (χ3n) is 2.52. The average molecular weight is 233 g/mol. The summed E-state index contributed by atoms with van der Waals surface area (Å²) in [5.41, 5.74) is -0.0501. The van der Waals surface area contributed by atoms with E-state index in [1.165, 1.54) is 0 Å². The minimum absolute atomic E-state index is 0.0328. The van der Waals surface area contributed by atoms with Crippen molar-refractivity contribution < 1.29 is 14.6 Å². The van der Waals surface area contributed by atoms with Crippen LogP contribution in [-0.2, 0) is 5.41 Å². The second-order valence-corrected chi connectivity index (χ2v) is 4.64. The minimum Gasteiger partial charge on any atom is -0.506 e. The van der Waals surface area contributed by atoms with Gasteiger partial charge in [0.15, 0.2) is 0 Å². The van der Waals surface area contributed by atoms with Gasteiger partial charge in [0, 0.05) is 11.0 Å². The van der Waals surface area contributed by atoms with Gasteiger partial charge in [0.05, 0.1) is 11.6 Å². The molecule has 15 heavy (non-hydrogen) atoms. The number of phenols is 1. The predicted octanol–water partition coefficient (Wildman–Crippen LogP) is 2.76. The molecule has 0 atom stereocenters. The number of aliphatic hydroxyl groups excluding tert-OH is 1. The molecule has 1 aromatic carbocycles. The molecule has 0 saturated carbocycles. The van der Waals surface area contributed by atoms with Crippen LogP contribution >= 0.6 is 11.6 Å². The van der Waals surface area contributed by atoms with E-state index < -0.39 is 11.2 Å². The van der Waals surface area contributed by atoms with Gasteiger partial charge >= 0.3 is 0 Å². The summed E-state index contributed by atoms with van der Waals surface area (Å²) < 4.78 is 13.4. The van der Waals surface area contributed by atoms with Crippen LogP contribution in [0.5, 0.6) is 5.75 Å². The molecule has 0 aliphatic carbocycles. The highest BCUT2D eigenvalue weighted by atomic mass is 35.5. The molecule has 0 fully saturated rings. The molecule has 0 aliphatic heterocycles. The summed E-state index contributed by atoms with van der Waals surface area (Å²) in [6.45, 7) is 4.79. The Morgan fingerprint density at radius 1 is 1.47 bits per heavy atom. The Morgan fingerprint density at radius 2 is 2.00 bits per heavy atom. The Kier molecular flexibility index (Phi) is 3.26. The van der Waals surface area contributed by atoms with E-state index in [1.807, 2.05) is 0 Å². The zero-order valence-corrected chi connectivity index (χ0v) is 9.69. The first-order valence-corrected chi connectivity index (χ1v) is 4.98. The molecule has 0 unspecified atom stereocenters. The minimum atomic E-state index is -0.722. The maximum atomic E-state index is 13.4. The lowest BCUT2D eigenvalue weighted by Crippen LogP contribution is -2.24. The van der Waals surface area contributed by atoms with Gasteiger partial charge in [-0.05, 0) is 18.6 Å². The summed E-state index contributed by atoms with van der Waals surface area (Å²) in [6.07, 6.45) is 0. The standard InChI is InChI=1S/C11H14ClFO2/c1-6-8(13)4-7(12)10(15)9(6)11(2,3)5-14/h4,14-15H,5H2,1-3H3. The SMILES string of the molecule is Cc1c(F)cc(Cl)c(O)c1C(C)(C)CO. The Bertz CT molecular complexity index is 362. The van der Waals surface area contributed by atoms with E-state index in [0.29, 0.717) is 11.1 Å². The number of hydrogen-bond donors (Lipinski definition) is 2. The molecule has 0 aromatic heterocycles. The maximum absolute atomic E-state index is 13.4. The van der Waals surface area contributed by atoms with Crippen LogP contribution in [0.15, 0.2) is 6.07 Å². The predicted molar refractivity (Wildman–Crippen MR) is 57.9 cm³/mol. The first kappa shape index (κ1) is 12.3. The molecule has 0 heterocycles. The third kappa shape index (κ3) is 2.08. The normalized spacial score (nSPS) is 11.9. The zero-order valence-electron chi connectivity index (χ0n) is 8.93. The molecule has 0 spiro atoms. The van der Waals surface area contributed by atoms with E-state index in [0.717, 1.165) is 6.07 Å². The molecule has 84 valence electrons. The topological polar surface area (TPSA) is 40.5 Å². The summed E-state index contributed by atoms with van der Waals surface area (Å²) in [5, 5.41) is 18.9. The lowest BCUT2D eigenvalue weighted by Gasteiger charge is -2.26. The molecular weight excluding hydrogens is 219 g/mol. The highest BCUT2D eigenvalue weighted by molar-refractivity contribution is 6.32. The highest BCUT2D eigenvalue weighted by Crippen LogP contribution is 2.39. The molecule has 1 aromatic rings. The zero-order chi connectivity index (χ0) is 11.8. The van der Waals surface area contributed by atoms with E-state index in [4.69, 9.17) is 11.6 Å². The first-order chi connectivity index (χ1) is 6.81. The van der Waals surface area contributed by atoms with E-state index >= 15 is 0 Å². The van der Waals surface area contributed by atoms with Crippen molar-refractivity contribution in [2.45, 2.75) is 26.2 Å². The first-order valence-electron chi connectivity index (χ1n) is 4.60.